The van der Waals surface area contributed by atoms with E-state index >= 15 is 0 Å². The molecule has 0 N–H and O–H groups in total. The average molecular weight is 470 g/mol. The van der Waals surface area contributed by atoms with Gasteiger partial charge < -0.3 is 9.64 Å². The van der Waals surface area contributed by atoms with Gasteiger partial charge in [0.2, 0.25) is 15.9 Å². The molecule has 2 aliphatic rings. The van der Waals surface area contributed by atoms with Crippen LogP contribution in [0.1, 0.15) is 24.0 Å². The Morgan fingerprint density at radius 3 is 2.30 bits per heavy atom. The van der Waals surface area contributed by atoms with E-state index < -0.39 is 10.0 Å². The zero-order valence-corrected chi connectivity index (χ0v) is 19.8. The lowest BCUT2D eigenvalue weighted by Gasteiger charge is -2.34. The van der Waals surface area contributed by atoms with Gasteiger partial charge in [-0.2, -0.15) is 4.31 Å². The van der Waals surface area contributed by atoms with E-state index in [-0.39, 0.29) is 5.91 Å². The third-order valence-electron chi connectivity index (χ3n) is 6.10. The van der Waals surface area contributed by atoms with Gasteiger partial charge in [-0.1, -0.05) is 42.5 Å². The molecule has 1 amide bonds. The molecular weight excluding hydrogens is 438 g/mol. The summed E-state index contributed by atoms with van der Waals surface area (Å²) in [5.41, 5.74) is 1.93. The predicted octanol–water partition coefficient (Wildman–Crippen LogP) is 2.80. The molecule has 0 bridgehead atoms. The van der Waals surface area contributed by atoms with Crippen molar-refractivity contribution in [2.45, 2.75) is 25.4 Å². The number of ether oxygens (including phenoxy) is 1. The molecule has 1 aliphatic heterocycles. The Labute approximate surface area is 196 Å². The molecule has 0 spiro atoms. The van der Waals surface area contributed by atoms with E-state index in [2.05, 4.69) is 4.90 Å². The summed E-state index contributed by atoms with van der Waals surface area (Å²) in [6, 6.07) is 17.5. The van der Waals surface area contributed by atoms with E-state index in [0.717, 1.165) is 29.7 Å². The summed E-state index contributed by atoms with van der Waals surface area (Å²) < 4.78 is 32.1. The number of carbonyl (C=O) groups is 1. The number of amides is 1. The minimum atomic E-state index is -3.48. The Morgan fingerprint density at radius 1 is 1.03 bits per heavy atom. The summed E-state index contributed by atoms with van der Waals surface area (Å²) in [5.74, 6) is 0.906. The fourth-order valence-corrected chi connectivity index (χ4v) is 5.15. The van der Waals surface area contributed by atoms with Gasteiger partial charge in [0.1, 0.15) is 5.75 Å². The summed E-state index contributed by atoms with van der Waals surface area (Å²) in [5, 5.41) is 1.27. The number of methoxy groups -OCH3 is 1. The second-order valence-electron chi connectivity index (χ2n) is 8.53. The largest absolute Gasteiger partial charge is 0.497 e. The van der Waals surface area contributed by atoms with Crippen molar-refractivity contribution in [3.8, 4) is 5.75 Å². The standard InChI is InChI=1S/C25H31N3O4S/c1-32-24-11-7-22(8-12-24)19-28(23-9-10-23)25(29)20-26-14-16-27(17-15-26)33(30,31)18-13-21-5-3-2-4-6-21/h2-8,11-13,18,23H,9-10,14-17,19-20H2,1H3. The maximum absolute atomic E-state index is 13.1. The molecule has 0 unspecified atom stereocenters. The zero-order chi connectivity index (χ0) is 23.3. The molecule has 2 fully saturated rings. The highest BCUT2D eigenvalue weighted by molar-refractivity contribution is 7.92. The van der Waals surface area contributed by atoms with Gasteiger partial charge >= 0.3 is 0 Å². The van der Waals surface area contributed by atoms with E-state index in [9.17, 15) is 13.2 Å². The van der Waals surface area contributed by atoms with E-state index in [4.69, 9.17) is 4.74 Å². The van der Waals surface area contributed by atoms with Gasteiger partial charge in [0.15, 0.2) is 0 Å². The van der Waals surface area contributed by atoms with Crippen LogP contribution in [0.15, 0.2) is 60.0 Å². The number of benzene rings is 2. The molecule has 0 atom stereocenters. The maximum Gasteiger partial charge on any atom is 0.237 e. The predicted molar refractivity (Wildman–Crippen MR) is 129 cm³/mol. The fraction of sp³-hybridized carbons (Fsp3) is 0.400. The van der Waals surface area contributed by atoms with E-state index in [1.807, 2.05) is 59.5 Å². The zero-order valence-electron chi connectivity index (χ0n) is 19.0. The van der Waals surface area contributed by atoms with Crippen LogP contribution in [0.5, 0.6) is 5.75 Å². The minimum Gasteiger partial charge on any atom is -0.497 e. The molecule has 1 saturated carbocycles. The number of hydrogen-bond acceptors (Lipinski definition) is 5. The van der Waals surface area contributed by atoms with Crippen LogP contribution in [-0.4, -0.2) is 74.3 Å². The van der Waals surface area contributed by atoms with Crippen molar-refractivity contribution >= 4 is 22.0 Å². The third kappa shape index (κ3) is 6.43. The van der Waals surface area contributed by atoms with E-state index in [0.29, 0.717) is 45.3 Å². The van der Waals surface area contributed by atoms with E-state index in [1.165, 1.54) is 9.71 Å². The van der Waals surface area contributed by atoms with Crippen molar-refractivity contribution in [2.75, 3.05) is 39.8 Å². The maximum atomic E-state index is 13.1. The van der Waals surface area contributed by atoms with Crippen molar-refractivity contribution in [1.29, 1.82) is 0 Å². The highest BCUT2D eigenvalue weighted by atomic mass is 32.2. The van der Waals surface area contributed by atoms with Gasteiger partial charge in [-0.15, -0.1) is 0 Å². The smallest absolute Gasteiger partial charge is 0.237 e. The first-order valence-corrected chi connectivity index (χ1v) is 12.8. The average Bonchev–Trinajstić information content (AvgIpc) is 3.68. The minimum absolute atomic E-state index is 0.105. The second kappa shape index (κ2) is 10.5. The van der Waals surface area contributed by atoms with Crippen LogP contribution in [0.3, 0.4) is 0 Å². The van der Waals surface area contributed by atoms with Crippen LogP contribution in [0.4, 0.5) is 0 Å². The molecular formula is C25H31N3O4S. The fourth-order valence-electron chi connectivity index (χ4n) is 3.97. The highest BCUT2D eigenvalue weighted by Crippen LogP contribution is 2.29. The van der Waals surface area contributed by atoms with Gasteiger partial charge in [-0.05, 0) is 42.2 Å². The molecule has 1 saturated heterocycles. The summed E-state index contributed by atoms with van der Waals surface area (Å²) in [6.07, 6.45) is 3.71. The molecule has 2 aromatic rings. The summed E-state index contributed by atoms with van der Waals surface area (Å²) in [4.78, 5) is 17.1. The second-order valence-corrected chi connectivity index (χ2v) is 10.4. The third-order valence-corrected chi connectivity index (χ3v) is 7.67. The van der Waals surface area contributed by atoms with Crippen molar-refractivity contribution in [2.24, 2.45) is 0 Å². The molecule has 8 heteroatoms. The van der Waals surface area contributed by atoms with Gasteiger partial charge in [0.25, 0.3) is 0 Å². The number of carbonyl (C=O) groups excluding carboxylic acids is 1. The molecule has 4 rings (SSSR count). The van der Waals surface area contributed by atoms with Crippen molar-refractivity contribution in [3.05, 3.63) is 71.1 Å². The quantitative estimate of drug-likeness (QED) is 0.565. The van der Waals surface area contributed by atoms with Gasteiger partial charge in [-0.25, -0.2) is 8.42 Å². The Bertz CT molecular complexity index is 1060. The van der Waals surface area contributed by atoms with Crippen molar-refractivity contribution in [1.82, 2.24) is 14.1 Å². The first kappa shape index (κ1) is 23.5. The molecule has 2 aromatic carbocycles. The molecule has 1 aliphatic carbocycles. The van der Waals surface area contributed by atoms with Gasteiger partial charge in [-0.3, -0.25) is 9.69 Å². The summed E-state index contributed by atoms with van der Waals surface area (Å²) in [7, 11) is -1.84. The number of sulfonamides is 1. The number of piperazine rings is 1. The van der Waals surface area contributed by atoms with Crippen LogP contribution in [0, 0.1) is 0 Å². The molecule has 1 heterocycles. The lowest BCUT2D eigenvalue weighted by molar-refractivity contribution is -0.133. The number of rotatable bonds is 9. The summed E-state index contributed by atoms with van der Waals surface area (Å²) in [6.45, 7) is 2.77. The topological polar surface area (TPSA) is 70.2 Å². The van der Waals surface area contributed by atoms with Crippen molar-refractivity contribution in [3.63, 3.8) is 0 Å². The molecule has 7 nitrogen and oxygen atoms in total. The van der Waals surface area contributed by atoms with Crippen molar-refractivity contribution < 1.29 is 17.9 Å². The van der Waals surface area contributed by atoms with Crippen LogP contribution < -0.4 is 4.74 Å². The highest BCUT2D eigenvalue weighted by Gasteiger charge is 2.34. The Balaban J connectivity index is 1.30. The van der Waals surface area contributed by atoms with Gasteiger partial charge in [0, 0.05) is 44.2 Å². The van der Waals surface area contributed by atoms with Gasteiger partial charge in [0.05, 0.1) is 13.7 Å². The number of hydrogen-bond donors (Lipinski definition) is 0. The first-order chi connectivity index (χ1) is 15.9. The summed E-state index contributed by atoms with van der Waals surface area (Å²) >= 11 is 0. The van der Waals surface area contributed by atoms with Crippen LogP contribution in [0.25, 0.3) is 6.08 Å². The van der Waals surface area contributed by atoms with Crippen LogP contribution in [0.2, 0.25) is 0 Å². The lowest BCUT2D eigenvalue weighted by Crippen LogP contribution is -2.51. The molecule has 33 heavy (non-hydrogen) atoms. The molecule has 0 radical (unpaired) electrons. The van der Waals surface area contributed by atoms with Crippen LogP contribution in [-0.2, 0) is 21.4 Å². The number of nitrogens with zero attached hydrogens (tertiary/aromatic N) is 3. The Kier molecular flexibility index (Phi) is 7.47. The normalized spacial score (nSPS) is 17.8. The monoisotopic (exact) mass is 469 g/mol. The lowest BCUT2D eigenvalue weighted by atomic mass is 10.2. The molecule has 176 valence electrons. The Hall–Kier alpha value is -2.68. The Morgan fingerprint density at radius 2 is 1.70 bits per heavy atom. The van der Waals surface area contributed by atoms with Crippen LogP contribution >= 0.6 is 0 Å². The first-order valence-electron chi connectivity index (χ1n) is 11.3. The van der Waals surface area contributed by atoms with E-state index in [1.54, 1.807) is 13.2 Å². The molecule has 0 aromatic heterocycles. The SMILES string of the molecule is COc1ccc(CN(C(=O)CN2CCN(S(=O)(=O)C=Cc3ccccc3)CC2)C2CC2)cc1.